The van der Waals surface area contributed by atoms with E-state index in [0.717, 1.165) is 45.3 Å². The number of fused-ring (bicyclic) bond motifs is 1. The average Bonchev–Trinajstić information content (AvgIpc) is 2.95. The van der Waals surface area contributed by atoms with Gasteiger partial charge in [-0.05, 0) is 50.9 Å². The van der Waals surface area contributed by atoms with E-state index in [2.05, 4.69) is 33.4 Å². The van der Waals surface area contributed by atoms with E-state index in [0.29, 0.717) is 29.6 Å². The normalized spacial score (nSPS) is 19.4. The molecule has 0 amide bonds. The second-order valence-electron chi connectivity index (χ2n) is 7.14. The highest BCUT2D eigenvalue weighted by Crippen LogP contribution is 2.32. The third kappa shape index (κ3) is 5.05. The van der Waals surface area contributed by atoms with E-state index >= 15 is 0 Å². The molecule has 1 aromatic heterocycles. The van der Waals surface area contributed by atoms with E-state index in [4.69, 9.17) is 16.2 Å². The maximum Gasteiger partial charge on any atom is 0.350 e. The molecule has 1 fully saturated rings. The van der Waals surface area contributed by atoms with Gasteiger partial charge in [0.15, 0.2) is 23.3 Å². The molecule has 0 bridgehead atoms. The number of aromatic nitrogens is 2. The molecule has 3 heterocycles. The van der Waals surface area contributed by atoms with Crippen LogP contribution < -0.4 is 27.2 Å². The summed E-state index contributed by atoms with van der Waals surface area (Å²) in [6, 6.07) is 0.0866. The Morgan fingerprint density at radius 2 is 2.17 bits per heavy atom. The summed E-state index contributed by atoms with van der Waals surface area (Å²) >= 11 is 0. The number of likely N-dealkylation sites (tertiary alicyclic amines) is 1. The zero-order chi connectivity index (χ0) is 20.8. The molecule has 2 aliphatic rings. The molecule has 9 nitrogen and oxygen atoms in total. The number of rotatable bonds is 7. The second kappa shape index (κ2) is 9.42. The smallest absolute Gasteiger partial charge is 0.350 e. The van der Waals surface area contributed by atoms with E-state index in [1.54, 1.807) is 22.9 Å². The molecule has 5 N–H and O–H groups in total. The van der Waals surface area contributed by atoms with Crippen LogP contribution in [0.25, 0.3) is 0 Å². The zero-order valence-corrected chi connectivity index (χ0v) is 16.6. The van der Waals surface area contributed by atoms with Crippen LogP contribution in [-0.4, -0.2) is 46.6 Å². The monoisotopic (exact) mass is 399 g/mol. The number of nitrogens with two attached hydrogens (primary N) is 2. The van der Waals surface area contributed by atoms with Gasteiger partial charge >= 0.3 is 5.69 Å². The molecule has 29 heavy (non-hydrogen) atoms. The van der Waals surface area contributed by atoms with Gasteiger partial charge in [-0.2, -0.15) is 4.98 Å². The van der Waals surface area contributed by atoms with Crippen LogP contribution in [0.3, 0.4) is 0 Å². The number of guanidine groups is 1. The SMILES string of the molecule is C=CC1=C(C=C)Oc2cn(C3CCCN(CCCN=C(N)N)CC3)c(=O)nc2N1. The highest BCUT2D eigenvalue weighted by atomic mass is 16.5. The Bertz CT molecular complexity index is 883. The molecule has 3 rings (SSSR count). The Morgan fingerprint density at radius 3 is 2.90 bits per heavy atom. The molecule has 1 saturated heterocycles. The molecular weight excluding hydrogens is 370 g/mol. The fourth-order valence-electron chi connectivity index (χ4n) is 3.69. The fourth-order valence-corrected chi connectivity index (χ4v) is 3.69. The van der Waals surface area contributed by atoms with Gasteiger partial charge in [-0.25, -0.2) is 4.79 Å². The zero-order valence-electron chi connectivity index (χ0n) is 16.6. The number of nitrogens with zero attached hydrogens (tertiary/aromatic N) is 4. The van der Waals surface area contributed by atoms with Crippen molar-refractivity contribution in [1.82, 2.24) is 14.5 Å². The summed E-state index contributed by atoms with van der Waals surface area (Å²) in [7, 11) is 0. The van der Waals surface area contributed by atoms with Crippen molar-refractivity contribution in [3.8, 4) is 5.75 Å². The van der Waals surface area contributed by atoms with Gasteiger partial charge in [0, 0.05) is 19.1 Å². The lowest BCUT2D eigenvalue weighted by molar-refractivity contribution is 0.278. The van der Waals surface area contributed by atoms with Gasteiger partial charge in [-0.15, -0.1) is 0 Å². The van der Waals surface area contributed by atoms with Crippen molar-refractivity contribution in [3.63, 3.8) is 0 Å². The van der Waals surface area contributed by atoms with Crippen LogP contribution in [0, 0.1) is 0 Å². The third-order valence-electron chi connectivity index (χ3n) is 5.16. The first-order valence-electron chi connectivity index (χ1n) is 9.86. The van der Waals surface area contributed by atoms with E-state index in [1.807, 2.05) is 0 Å². The van der Waals surface area contributed by atoms with Crippen LogP contribution >= 0.6 is 0 Å². The number of aliphatic imine (C=N–C) groups is 1. The number of ether oxygens (including phenoxy) is 1. The molecule has 0 spiro atoms. The van der Waals surface area contributed by atoms with Crippen molar-refractivity contribution >= 4 is 11.8 Å². The molecule has 9 heteroatoms. The van der Waals surface area contributed by atoms with E-state index in [9.17, 15) is 4.79 Å². The summed E-state index contributed by atoms with van der Waals surface area (Å²) in [4.78, 5) is 23.3. The Morgan fingerprint density at radius 1 is 1.34 bits per heavy atom. The lowest BCUT2D eigenvalue weighted by Gasteiger charge is -2.24. The topological polar surface area (TPSA) is 124 Å². The molecule has 1 unspecified atom stereocenters. The van der Waals surface area contributed by atoms with Gasteiger partial charge in [0.2, 0.25) is 0 Å². The van der Waals surface area contributed by atoms with Crippen LogP contribution in [0.15, 0.2) is 52.7 Å². The molecule has 1 atom stereocenters. The Balaban J connectivity index is 1.68. The van der Waals surface area contributed by atoms with Crippen molar-refractivity contribution < 1.29 is 4.74 Å². The van der Waals surface area contributed by atoms with Crippen molar-refractivity contribution in [2.45, 2.75) is 31.7 Å². The van der Waals surface area contributed by atoms with Crippen LogP contribution in [0.4, 0.5) is 5.82 Å². The van der Waals surface area contributed by atoms with Gasteiger partial charge < -0.3 is 26.4 Å². The summed E-state index contributed by atoms with van der Waals surface area (Å²) in [5, 5.41) is 3.08. The standard InChI is InChI=1S/C20H29N7O2/c1-3-15-16(4-2)29-17-13-27(20(28)25-18(17)24-15)14-7-5-10-26(12-8-14)11-6-9-23-19(21)22/h3-4,13-14H,1-2,5-12H2,(H4,21,22,23)(H,24,25,28). The van der Waals surface area contributed by atoms with E-state index in [1.165, 1.54) is 0 Å². The number of hydrogen-bond donors (Lipinski definition) is 3. The van der Waals surface area contributed by atoms with E-state index in [-0.39, 0.29) is 17.7 Å². The molecule has 156 valence electrons. The predicted octanol–water partition coefficient (Wildman–Crippen LogP) is 1.32. The van der Waals surface area contributed by atoms with Gasteiger partial charge in [0.05, 0.1) is 11.9 Å². The maximum atomic E-state index is 12.6. The lowest BCUT2D eigenvalue weighted by Crippen LogP contribution is -2.30. The number of allylic oxidation sites excluding steroid dienone is 2. The van der Waals surface area contributed by atoms with Crippen molar-refractivity contribution in [2.75, 3.05) is 31.5 Å². The summed E-state index contributed by atoms with van der Waals surface area (Å²) < 4.78 is 7.57. The Hall–Kier alpha value is -3.07. The van der Waals surface area contributed by atoms with Crippen LogP contribution in [-0.2, 0) is 0 Å². The minimum atomic E-state index is -0.281. The molecule has 0 saturated carbocycles. The summed E-state index contributed by atoms with van der Waals surface area (Å²) in [6.07, 6.45) is 8.67. The molecule has 0 aliphatic carbocycles. The van der Waals surface area contributed by atoms with Crippen molar-refractivity contribution in [1.29, 1.82) is 0 Å². The van der Waals surface area contributed by atoms with Gasteiger partial charge in [0.25, 0.3) is 0 Å². The minimum Gasteiger partial charge on any atom is -0.450 e. The highest BCUT2D eigenvalue weighted by Gasteiger charge is 2.24. The summed E-state index contributed by atoms with van der Waals surface area (Å²) in [5.41, 5.74) is 11.1. The third-order valence-corrected chi connectivity index (χ3v) is 5.16. The minimum absolute atomic E-state index is 0.0866. The number of anilines is 1. The first-order chi connectivity index (χ1) is 14.0. The fraction of sp³-hybridized carbons (Fsp3) is 0.450. The van der Waals surface area contributed by atoms with Gasteiger partial charge in [0.1, 0.15) is 0 Å². The van der Waals surface area contributed by atoms with Gasteiger partial charge in [-0.1, -0.05) is 13.2 Å². The van der Waals surface area contributed by atoms with Crippen LogP contribution in [0.2, 0.25) is 0 Å². The van der Waals surface area contributed by atoms with Crippen molar-refractivity contribution in [3.05, 3.63) is 53.4 Å². The Labute approximate surface area is 170 Å². The van der Waals surface area contributed by atoms with Crippen LogP contribution in [0.1, 0.15) is 31.7 Å². The van der Waals surface area contributed by atoms with E-state index < -0.39 is 0 Å². The highest BCUT2D eigenvalue weighted by molar-refractivity contribution is 5.75. The molecule has 2 aliphatic heterocycles. The predicted molar refractivity (Wildman–Crippen MR) is 115 cm³/mol. The average molecular weight is 399 g/mol. The molecular formula is C20H29N7O2. The van der Waals surface area contributed by atoms with Gasteiger partial charge in [-0.3, -0.25) is 9.56 Å². The number of hydrogen-bond acceptors (Lipinski definition) is 6. The summed E-state index contributed by atoms with van der Waals surface area (Å²) in [6.45, 7) is 11.0. The molecule has 0 radical (unpaired) electrons. The largest absolute Gasteiger partial charge is 0.450 e. The lowest BCUT2D eigenvalue weighted by atomic mass is 10.1. The number of nitrogens with one attached hydrogen (secondary N) is 1. The molecule has 1 aromatic rings. The summed E-state index contributed by atoms with van der Waals surface area (Å²) in [5.74, 6) is 1.61. The molecule has 0 aromatic carbocycles. The maximum absolute atomic E-state index is 12.6. The first-order valence-corrected chi connectivity index (χ1v) is 9.86. The first kappa shape index (κ1) is 20.7. The quantitative estimate of drug-likeness (QED) is 0.359. The second-order valence-corrected chi connectivity index (χ2v) is 7.14. The van der Waals surface area contributed by atoms with Crippen LogP contribution in [0.5, 0.6) is 5.75 Å². The Kier molecular flexibility index (Phi) is 6.71. The van der Waals surface area contributed by atoms with Crippen molar-refractivity contribution in [2.24, 2.45) is 16.5 Å².